The maximum atomic E-state index is 15.8. The molecular formula is C88H120N20O25S. The molecule has 0 radical (unpaired) electrons. The number of aromatic hydroxyl groups is 1. The summed E-state index contributed by atoms with van der Waals surface area (Å²) in [6, 6.07) is -4.74. The molecule has 5 aromatic rings. The molecular weight excluding hydrogens is 1770 g/mol. The number of nitrogens with zero attached hydrogens (tertiary/aromatic N) is 6. The number of benzene rings is 3. The molecule has 22 N–H and O–H groups in total. The van der Waals surface area contributed by atoms with Gasteiger partial charge in [0, 0.05) is 113 Å². The number of primary amides is 2. The van der Waals surface area contributed by atoms with Crippen LogP contribution in [0.25, 0.3) is 21.8 Å². The molecule has 3 aliphatic rings. The van der Waals surface area contributed by atoms with E-state index in [1.165, 1.54) is 56.0 Å². The first-order valence-corrected chi connectivity index (χ1v) is 45.3. The highest BCUT2D eigenvalue weighted by Crippen LogP contribution is 2.29. The van der Waals surface area contributed by atoms with Gasteiger partial charge in [0.25, 0.3) is 0 Å². The smallest absolute Gasteiger partial charge is 0.323 e. The standard InChI is InChI=1S/C88H120N20O25S/c1-7-9-20-65-81(126)95-55(30-32-72(114)115)77(122)102-63(76(121)93-41-70(91)112)45-134-46-71(113)94-58(35-48-25-27-51(110)28-26-48)84(129)103(4)47(3)75(120)98-60(38-73(116)117)87(132)108-34-16-24-67(108)83(128)100-61(39-89)79(124)96-56(29-31-69(90)111)86(131)107-33-15-23-66(107)82(127)97-57(36-49-40-92-54-19-13-11-17-52(49)54)78(123)101-62(44-109)80(125)99-59(85(130)105(6)68(21-10-8-2)88(133)104(65)5)37-50-42-106(43-74(118)119)64-22-14-12-18-53(50)64/h11-14,17-19,22,25-28,40,42,47,55-63,65-68,92,109-110H,7-10,15-16,20-21,23-24,29-39,41,43-46,89H2,1-6H3,(H2,90,111)(H2,91,112)(H,93,121)(H,94,113)(H,95,126)(H,96,124)(H,97,127)(H,98,120)(H,99,125)(H,100,128)(H,101,123)(H,102,122)(H,114,115)(H,116,117)(H,118,119)/t47-,55-,56-,57-,58-,59-,60-,61-,62-,63-,65-,66-,67-,68-/m0/s1. The number of thioether (sulfide) groups is 1. The second kappa shape index (κ2) is 50.2. The summed E-state index contributed by atoms with van der Waals surface area (Å²) in [6.07, 6.45) is -0.571. The van der Waals surface area contributed by atoms with E-state index in [2.05, 4.69) is 58.2 Å². The van der Waals surface area contributed by atoms with E-state index in [4.69, 9.17) is 17.2 Å². The number of rotatable bonds is 27. The highest BCUT2D eigenvalue weighted by Gasteiger charge is 2.46. The third-order valence-corrected chi connectivity index (χ3v) is 24.7. The Morgan fingerprint density at radius 2 is 1.02 bits per heavy atom. The number of aliphatic hydroxyl groups is 1. The van der Waals surface area contributed by atoms with Crippen LogP contribution >= 0.6 is 11.8 Å². The Balaban J connectivity index is 1.20. The van der Waals surface area contributed by atoms with Crippen molar-refractivity contribution in [1.29, 1.82) is 0 Å². The fourth-order valence-corrected chi connectivity index (χ4v) is 17.1. The van der Waals surface area contributed by atoms with Crippen LogP contribution in [0.2, 0.25) is 0 Å². The Morgan fingerprint density at radius 1 is 0.500 bits per heavy atom. The van der Waals surface area contributed by atoms with Gasteiger partial charge in [-0.2, -0.15) is 0 Å². The number of aliphatic hydroxyl groups excluding tert-OH is 1. The lowest BCUT2D eigenvalue weighted by Crippen LogP contribution is -2.62. The average molecular weight is 1890 g/mol. The first-order chi connectivity index (χ1) is 63.7. The Labute approximate surface area is 774 Å². The van der Waals surface area contributed by atoms with Crippen LogP contribution < -0.4 is 70.4 Å². The molecule has 0 spiro atoms. The topological polar surface area (TPSA) is 678 Å². The van der Waals surface area contributed by atoms with Crippen molar-refractivity contribution in [3.05, 3.63) is 102 Å². The van der Waals surface area contributed by atoms with E-state index < -0.39 is 279 Å². The summed E-state index contributed by atoms with van der Waals surface area (Å²) in [7, 11) is 3.64. The van der Waals surface area contributed by atoms with Crippen molar-refractivity contribution < 1.29 is 121 Å². The molecule has 3 fully saturated rings. The van der Waals surface area contributed by atoms with E-state index in [0.29, 0.717) is 57.5 Å². The minimum absolute atomic E-state index is 0.0652. The fourth-order valence-electron chi connectivity index (χ4n) is 16.2. The SMILES string of the molecule is CCCC[C@H]1C(=O)N(C)[C@@H](CCCC)C(=O)N[C@@H](CCC(=O)O)C(=O)N[C@H](C(=O)NCC(N)=O)CSCC(=O)N[C@@H](Cc2ccc(O)cc2)C(=O)N(C)[C@@H](C)C(=O)N[C@@H](CC(=O)O)C(=O)N2CCC[C@H]2C(=O)N[C@@H](CN)C(=O)N[C@@H](CCC(N)=O)C(=O)N2CCC[C@H]2C(=O)N[C@@H](Cc2c[nH]c3ccccc23)C(=O)N[C@@H](CO)C(=O)N[C@@H](Cc2cn(CC(=O)O)c3ccccc23)C(=O)N1C. The van der Waals surface area contributed by atoms with E-state index in [1.807, 2.05) is 0 Å². The molecule has 46 heteroatoms. The average Bonchev–Trinajstić information content (AvgIpc) is 1.73. The second-order valence-corrected chi connectivity index (χ2v) is 34.3. The van der Waals surface area contributed by atoms with Crippen LogP contribution in [-0.4, -0.2) is 328 Å². The normalized spacial score (nSPS) is 24.2. The summed E-state index contributed by atoms with van der Waals surface area (Å²) in [5.74, 6) is -23.3. The highest BCUT2D eigenvalue weighted by molar-refractivity contribution is 8.00. The van der Waals surface area contributed by atoms with Crippen molar-refractivity contribution in [2.45, 2.75) is 227 Å². The highest BCUT2D eigenvalue weighted by atomic mass is 32.2. The van der Waals surface area contributed by atoms with Crippen LogP contribution in [0.5, 0.6) is 5.75 Å². The third-order valence-electron chi connectivity index (χ3n) is 23.7. The number of carboxylic acids is 3. The number of phenolic OH excluding ortho intramolecular Hbond substituents is 1. The van der Waals surface area contributed by atoms with Gasteiger partial charge < -0.3 is 130 Å². The number of amides is 17. The lowest BCUT2D eigenvalue weighted by atomic mass is 10.00. The number of unbranched alkanes of at least 4 members (excludes halogenated alkanes) is 2. The van der Waals surface area contributed by atoms with Crippen molar-refractivity contribution in [2.24, 2.45) is 17.2 Å². The Bertz CT molecular complexity index is 5150. The largest absolute Gasteiger partial charge is 0.508 e. The van der Waals surface area contributed by atoms with Crippen LogP contribution in [0.3, 0.4) is 0 Å². The van der Waals surface area contributed by atoms with E-state index in [0.717, 1.165) is 31.5 Å². The molecule has 5 heterocycles. The molecule has 3 aliphatic heterocycles. The van der Waals surface area contributed by atoms with E-state index >= 15 is 33.6 Å². The van der Waals surface area contributed by atoms with Gasteiger partial charge in [0.15, 0.2) is 0 Å². The number of hydrogen-bond donors (Lipinski definition) is 19. The van der Waals surface area contributed by atoms with Gasteiger partial charge in [-0.15, -0.1) is 11.8 Å². The molecule has 134 heavy (non-hydrogen) atoms. The predicted molar refractivity (Wildman–Crippen MR) is 482 cm³/mol. The fraction of sp³-hybridized carbons (Fsp3) is 0.523. The number of phenols is 1. The van der Waals surface area contributed by atoms with Crippen molar-refractivity contribution >= 4 is 152 Å². The van der Waals surface area contributed by atoms with Gasteiger partial charge in [-0.05, 0) is 99.2 Å². The number of likely N-dealkylation sites (N-methyl/N-ethyl adjacent to an activating group) is 3. The number of aromatic nitrogens is 2. The van der Waals surface area contributed by atoms with E-state index in [-0.39, 0.29) is 88.6 Å². The third kappa shape index (κ3) is 29.1. The van der Waals surface area contributed by atoms with Gasteiger partial charge in [0.2, 0.25) is 100 Å². The van der Waals surface area contributed by atoms with Crippen LogP contribution in [0.15, 0.2) is 85.2 Å². The zero-order chi connectivity index (χ0) is 98.5. The molecule has 8 rings (SSSR count). The summed E-state index contributed by atoms with van der Waals surface area (Å²) in [4.78, 5) is 293. The first-order valence-electron chi connectivity index (χ1n) is 44.1. The predicted octanol–water partition coefficient (Wildman–Crippen LogP) is -3.93. The van der Waals surface area contributed by atoms with Gasteiger partial charge in [-0.25, -0.2) is 0 Å². The zero-order valence-corrected chi connectivity index (χ0v) is 76.1. The molecule has 2 aromatic heterocycles. The van der Waals surface area contributed by atoms with Crippen LogP contribution in [0.1, 0.15) is 134 Å². The van der Waals surface area contributed by atoms with Crippen LogP contribution in [-0.2, 0) is 122 Å². The minimum atomic E-state index is -1.98. The number of nitrogens with two attached hydrogens (primary N) is 3. The number of aromatic amines is 1. The molecule has 728 valence electrons. The number of H-pyrrole nitrogens is 1. The number of carbonyl (C=O) groups excluding carboxylic acids is 17. The van der Waals surface area contributed by atoms with Gasteiger partial charge in [0.1, 0.15) is 96.9 Å². The van der Waals surface area contributed by atoms with Crippen molar-refractivity contribution in [1.82, 2.24) is 87.2 Å². The molecule has 14 atom stereocenters. The van der Waals surface area contributed by atoms with Crippen molar-refractivity contribution in [3.8, 4) is 5.75 Å². The van der Waals surface area contributed by atoms with Crippen LogP contribution in [0, 0.1) is 0 Å². The number of hydrogen-bond acceptors (Lipinski definition) is 24. The number of para-hydroxylation sites is 2. The Morgan fingerprint density at radius 3 is 1.63 bits per heavy atom. The molecule has 0 unspecified atom stereocenters. The summed E-state index contributed by atoms with van der Waals surface area (Å²) >= 11 is 0.673. The van der Waals surface area contributed by atoms with E-state index in [1.54, 1.807) is 68.6 Å². The summed E-state index contributed by atoms with van der Waals surface area (Å²) < 4.78 is 1.38. The summed E-state index contributed by atoms with van der Waals surface area (Å²) in [6.45, 7) is 1.16. The summed E-state index contributed by atoms with van der Waals surface area (Å²) in [5, 5.41) is 77.7. The second-order valence-electron chi connectivity index (χ2n) is 33.3. The molecule has 17 amide bonds. The summed E-state index contributed by atoms with van der Waals surface area (Å²) in [5.41, 5.74) is 19.1. The van der Waals surface area contributed by atoms with Gasteiger partial charge in [-0.1, -0.05) is 88.1 Å². The van der Waals surface area contributed by atoms with Gasteiger partial charge in [-0.3, -0.25) is 95.9 Å². The molecule has 0 saturated carbocycles. The minimum Gasteiger partial charge on any atom is -0.508 e. The lowest BCUT2D eigenvalue weighted by Gasteiger charge is -2.36. The Hall–Kier alpha value is -13.8. The Kier molecular flexibility index (Phi) is 39.5. The molecule has 3 aromatic carbocycles. The van der Waals surface area contributed by atoms with Gasteiger partial charge >= 0.3 is 17.9 Å². The first kappa shape index (κ1) is 106. The van der Waals surface area contributed by atoms with E-state index in [9.17, 15) is 87.9 Å². The molecule has 0 aliphatic carbocycles. The van der Waals surface area contributed by atoms with Crippen LogP contribution in [0.4, 0.5) is 0 Å². The molecule has 3 saturated heterocycles. The maximum absolute atomic E-state index is 15.8. The number of nitrogens with one attached hydrogen (secondary N) is 11. The van der Waals surface area contributed by atoms with Crippen molar-refractivity contribution in [3.63, 3.8) is 0 Å². The molecule has 45 nitrogen and oxygen atoms in total. The molecule has 0 bridgehead atoms. The number of fused-ring (bicyclic) bond motifs is 4. The number of carbonyl (C=O) groups is 20. The number of carboxylic acid groups (broad SMARTS) is 3. The number of aliphatic carboxylic acids is 3. The monoisotopic (exact) mass is 1890 g/mol. The maximum Gasteiger partial charge on any atom is 0.323 e. The zero-order valence-electron chi connectivity index (χ0n) is 75.3. The lowest BCUT2D eigenvalue weighted by molar-refractivity contribution is -0.149. The quantitative estimate of drug-likeness (QED) is 0.0239. The van der Waals surface area contributed by atoms with Crippen molar-refractivity contribution in [2.75, 3.05) is 65.4 Å². The van der Waals surface area contributed by atoms with Gasteiger partial charge in [0.05, 0.1) is 25.3 Å².